The van der Waals surface area contributed by atoms with Crippen LogP contribution < -0.4 is 0 Å². The zero-order valence-electron chi connectivity index (χ0n) is 14.6. The number of nitrogens with zero attached hydrogens (tertiary/aromatic N) is 3. The normalized spacial score (nSPS) is 13.4. The van der Waals surface area contributed by atoms with Crippen molar-refractivity contribution in [3.05, 3.63) is 77.0 Å². The third kappa shape index (κ3) is 3.16. The summed E-state index contributed by atoms with van der Waals surface area (Å²) in [5.41, 5.74) is 4.25. The molecule has 1 aliphatic rings. The van der Waals surface area contributed by atoms with Crippen molar-refractivity contribution in [3.8, 4) is 6.07 Å². The molecule has 1 aromatic heterocycles. The highest BCUT2D eigenvalue weighted by atomic mass is 16.2. The van der Waals surface area contributed by atoms with Gasteiger partial charge in [-0.05, 0) is 42.7 Å². The Balaban J connectivity index is 1.65. The van der Waals surface area contributed by atoms with Gasteiger partial charge in [-0.25, -0.2) is 0 Å². The molecule has 0 unspecified atom stereocenters. The van der Waals surface area contributed by atoms with Gasteiger partial charge in [-0.2, -0.15) is 5.26 Å². The zero-order chi connectivity index (χ0) is 18.1. The summed E-state index contributed by atoms with van der Waals surface area (Å²) >= 11 is 0. The van der Waals surface area contributed by atoms with E-state index in [2.05, 4.69) is 6.07 Å². The molecule has 1 amide bonds. The molecule has 1 saturated carbocycles. The lowest BCUT2D eigenvalue weighted by molar-refractivity contribution is 0.0787. The van der Waals surface area contributed by atoms with Gasteiger partial charge < -0.3 is 4.90 Å². The number of amides is 1. The van der Waals surface area contributed by atoms with Gasteiger partial charge in [0.05, 0.1) is 22.7 Å². The molecule has 0 N–H and O–H groups in total. The Morgan fingerprint density at radius 2 is 1.92 bits per heavy atom. The van der Waals surface area contributed by atoms with Gasteiger partial charge in [0.25, 0.3) is 5.91 Å². The van der Waals surface area contributed by atoms with Crippen LogP contribution in [0.2, 0.25) is 0 Å². The number of hydrogen-bond donors (Lipinski definition) is 0. The highest BCUT2D eigenvalue weighted by molar-refractivity contribution is 6.06. The van der Waals surface area contributed by atoms with Crippen molar-refractivity contribution in [2.24, 2.45) is 0 Å². The zero-order valence-corrected chi connectivity index (χ0v) is 14.6. The van der Waals surface area contributed by atoms with Crippen molar-refractivity contribution < 1.29 is 4.79 Å². The Morgan fingerprint density at radius 3 is 2.62 bits per heavy atom. The van der Waals surface area contributed by atoms with Crippen molar-refractivity contribution in [1.82, 2.24) is 9.88 Å². The number of aromatic nitrogens is 1. The fourth-order valence-electron chi connectivity index (χ4n) is 3.20. The van der Waals surface area contributed by atoms with Gasteiger partial charge in [-0.15, -0.1) is 0 Å². The first kappa shape index (κ1) is 16.3. The summed E-state index contributed by atoms with van der Waals surface area (Å²) in [5.74, 6) is 0.491. The molecule has 0 bridgehead atoms. The lowest BCUT2D eigenvalue weighted by Gasteiger charge is -2.19. The second-order valence-corrected chi connectivity index (χ2v) is 6.86. The first-order valence-corrected chi connectivity index (χ1v) is 8.80. The topological polar surface area (TPSA) is 57.0 Å². The van der Waals surface area contributed by atoms with Crippen LogP contribution in [0.1, 0.15) is 45.9 Å². The second kappa shape index (κ2) is 6.61. The largest absolute Gasteiger partial charge is 0.337 e. The number of carbonyl (C=O) groups excluding carboxylic acids is 1. The number of benzene rings is 2. The molecule has 4 heteroatoms. The Hall–Kier alpha value is -3.19. The van der Waals surface area contributed by atoms with Gasteiger partial charge in [0.15, 0.2) is 0 Å². The second-order valence-electron chi connectivity index (χ2n) is 6.86. The molecule has 1 aliphatic carbocycles. The van der Waals surface area contributed by atoms with E-state index in [1.807, 2.05) is 49.5 Å². The standard InChI is InChI=1S/C22H19N3O/c1-25(14-16-8-6-15(13-23)7-9-16)22(26)19-12-21(17-10-11-17)24-20-5-3-2-4-18(19)20/h2-9,12,17H,10-11,14H2,1H3. The van der Waals surface area contributed by atoms with Crippen LogP contribution in [0.3, 0.4) is 0 Å². The molecule has 1 heterocycles. The van der Waals surface area contributed by atoms with Gasteiger partial charge in [-0.1, -0.05) is 30.3 Å². The van der Waals surface area contributed by atoms with Crippen molar-refractivity contribution in [2.75, 3.05) is 7.05 Å². The van der Waals surface area contributed by atoms with E-state index in [1.165, 1.54) is 0 Å². The number of rotatable bonds is 4. The van der Waals surface area contributed by atoms with Gasteiger partial charge in [0.1, 0.15) is 0 Å². The molecule has 4 nitrogen and oxygen atoms in total. The molecule has 3 aromatic rings. The van der Waals surface area contributed by atoms with Crippen LogP contribution in [0.5, 0.6) is 0 Å². The number of nitriles is 1. The average molecular weight is 341 g/mol. The van der Waals surface area contributed by atoms with E-state index in [1.54, 1.807) is 17.0 Å². The SMILES string of the molecule is CN(Cc1ccc(C#N)cc1)C(=O)c1cc(C2CC2)nc2ccccc12. The lowest BCUT2D eigenvalue weighted by Crippen LogP contribution is -2.26. The minimum atomic E-state index is -0.00476. The van der Waals surface area contributed by atoms with E-state index in [9.17, 15) is 4.79 Å². The Morgan fingerprint density at radius 1 is 1.19 bits per heavy atom. The quantitative estimate of drug-likeness (QED) is 0.712. The Labute approximate surface area is 152 Å². The molecule has 1 fully saturated rings. The van der Waals surface area contributed by atoms with Gasteiger partial charge in [-0.3, -0.25) is 9.78 Å². The van der Waals surface area contributed by atoms with Crippen molar-refractivity contribution in [2.45, 2.75) is 25.3 Å². The molecular weight excluding hydrogens is 322 g/mol. The maximum atomic E-state index is 13.1. The van der Waals surface area contributed by atoms with Crippen LogP contribution in [0.4, 0.5) is 0 Å². The maximum Gasteiger partial charge on any atom is 0.254 e. The first-order valence-electron chi connectivity index (χ1n) is 8.80. The summed E-state index contributed by atoms with van der Waals surface area (Å²) in [5, 5.41) is 9.80. The minimum Gasteiger partial charge on any atom is -0.337 e. The number of fused-ring (bicyclic) bond motifs is 1. The van der Waals surface area contributed by atoms with Gasteiger partial charge in [0.2, 0.25) is 0 Å². The van der Waals surface area contributed by atoms with Crippen LogP contribution in [-0.4, -0.2) is 22.8 Å². The molecule has 0 atom stereocenters. The number of pyridine rings is 1. The Bertz CT molecular complexity index is 1010. The van der Waals surface area contributed by atoms with E-state index in [4.69, 9.17) is 10.2 Å². The third-order valence-corrected chi connectivity index (χ3v) is 4.81. The van der Waals surface area contributed by atoms with E-state index in [0.717, 1.165) is 35.0 Å². The van der Waals surface area contributed by atoms with Crippen LogP contribution in [0.15, 0.2) is 54.6 Å². The summed E-state index contributed by atoms with van der Waals surface area (Å²) < 4.78 is 0. The van der Waals surface area contributed by atoms with Crippen LogP contribution in [0, 0.1) is 11.3 Å². The highest BCUT2D eigenvalue weighted by Crippen LogP contribution is 2.40. The molecule has 0 aliphatic heterocycles. The summed E-state index contributed by atoms with van der Waals surface area (Å²) in [6.07, 6.45) is 2.31. The Kier molecular flexibility index (Phi) is 4.14. The predicted octanol–water partition coefficient (Wildman–Crippen LogP) is 4.26. The monoisotopic (exact) mass is 341 g/mol. The van der Waals surface area contributed by atoms with Crippen molar-refractivity contribution in [1.29, 1.82) is 5.26 Å². The van der Waals surface area contributed by atoms with E-state index in [0.29, 0.717) is 23.6 Å². The number of hydrogen-bond acceptors (Lipinski definition) is 3. The van der Waals surface area contributed by atoms with E-state index in [-0.39, 0.29) is 5.91 Å². The summed E-state index contributed by atoms with van der Waals surface area (Å²) in [6, 6.07) is 19.3. The molecule has 0 radical (unpaired) electrons. The molecule has 128 valence electrons. The maximum absolute atomic E-state index is 13.1. The fraction of sp³-hybridized carbons (Fsp3) is 0.227. The average Bonchev–Trinajstić information content (AvgIpc) is 3.52. The molecule has 2 aromatic carbocycles. The summed E-state index contributed by atoms with van der Waals surface area (Å²) in [6.45, 7) is 0.500. The third-order valence-electron chi connectivity index (χ3n) is 4.81. The molecule has 0 spiro atoms. The molecule has 26 heavy (non-hydrogen) atoms. The van der Waals surface area contributed by atoms with Crippen LogP contribution in [0.25, 0.3) is 10.9 Å². The number of carbonyl (C=O) groups is 1. The van der Waals surface area contributed by atoms with E-state index < -0.39 is 0 Å². The van der Waals surface area contributed by atoms with Gasteiger partial charge in [0, 0.05) is 30.6 Å². The summed E-state index contributed by atoms with van der Waals surface area (Å²) in [7, 11) is 1.81. The van der Waals surface area contributed by atoms with Crippen molar-refractivity contribution >= 4 is 16.8 Å². The smallest absolute Gasteiger partial charge is 0.254 e. The predicted molar refractivity (Wildman–Crippen MR) is 101 cm³/mol. The summed E-state index contributed by atoms with van der Waals surface area (Å²) in [4.78, 5) is 19.6. The van der Waals surface area contributed by atoms with E-state index >= 15 is 0 Å². The van der Waals surface area contributed by atoms with Crippen LogP contribution >= 0.6 is 0 Å². The van der Waals surface area contributed by atoms with Gasteiger partial charge >= 0.3 is 0 Å². The molecule has 0 saturated heterocycles. The van der Waals surface area contributed by atoms with Crippen LogP contribution in [-0.2, 0) is 6.54 Å². The fourth-order valence-corrected chi connectivity index (χ4v) is 3.20. The van der Waals surface area contributed by atoms with Crippen molar-refractivity contribution in [3.63, 3.8) is 0 Å². The molecular formula is C22H19N3O. The first-order chi connectivity index (χ1) is 12.7. The lowest BCUT2D eigenvalue weighted by atomic mass is 10.0. The highest BCUT2D eigenvalue weighted by Gasteiger charge is 2.27. The number of para-hydroxylation sites is 1. The molecule has 4 rings (SSSR count). The minimum absolute atomic E-state index is 0.00476.